The van der Waals surface area contributed by atoms with Gasteiger partial charge in [-0.1, -0.05) is 0 Å². The molecule has 0 fully saturated rings. The van der Waals surface area contributed by atoms with Crippen LogP contribution in [0.15, 0.2) is 30.3 Å². The lowest BCUT2D eigenvalue weighted by Crippen LogP contribution is -2.37. The second-order valence-corrected chi connectivity index (χ2v) is 12.5. The molecule has 0 radical (unpaired) electrons. The van der Waals surface area contributed by atoms with E-state index in [2.05, 4.69) is 27.9 Å². The van der Waals surface area contributed by atoms with Crippen LogP contribution in [0.1, 0.15) is 12.6 Å². The first-order chi connectivity index (χ1) is 12.0. The largest absolute Gasteiger partial charge is 0.399 e. The number of aliphatic hydroxyl groups is 1. The van der Waals surface area contributed by atoms with Crippen molar-refractivity contribution in [2.45, 2.75) is 18.7 Å². The normalized spacial score (nSPS) is 14.3. The van der Waals surface area contributed by atoms with E-state index in [9.17, 15) is 9.32 Å². The molecule has 5 N–H and O–H groups in total. The Bertz CT molecular complexity index is 877. The number of hydrogen-bond donors (Lipinski definition) is 5. The minimum Gasteiger partial charge on any atom is -0.399 e. The first kappa shape index (κ1) is 20.3. The van der Waals surface area contributed by atoms with Crippen molar-refractivity contribution in [1.82, 2.24) is 9.97 Å². The van der Waals surface area contributed by atoms with E-state index in [1.165, 1.54) is 12.5 Å². The van der Waals surface area contributed by atoms with Crippen molar-refractivity contribution in [3.63, 3.8) is 0 Å². The highest BCUT2D eigenvalue weighted by Gasteiger charge is 2.30. The zero-order chi connectivity index (χ0) is 19.6. The monoisotopic (exact) mass is 395 g/mol. The summed E-state index contributed by atoms with van der Waals surface area (Å²) in [6.07, 6.45) is 3.06. The SMILES string of the molecule is C[C@@H](CO)Nc1cc(CS(C)(C)(=O)C(=N)S)nc(-c2ccc(N)cc2)n1. The molecule has 0 bridgehead atoms. The molecule has 7 nitrogen and oxygen atoms in total. The highest BCUT2D eigenvalue weighted by atomic mass is 32.3. The number of nitrogens with zero attached hydrogens (tertiary/aromatic N) is 2. The maximum atomic E-state index is 13.1. The Morgan fingerprint density at radius 3 is 2.50 bits per heavy atom. The fourth-order valence-electron chi connectivity index (χ4n) is 2.20. The summed E-state index contributed by atoms with van der Waals surface area (Å²) >= 11 is 4.01. The van der Waals surface area contributed by atoms with Crippen molar-refractivity contribution in [3.05, 3.63) is 36.0 Å². The van der Waals surface area contributed by atoms with Crippen molar-refractivity contribution < 1.29 is 9.32 Å². The molecule has 1 heterocycles. The minimum absolute atomic E-state index is 0.0565. The van der Waals surface area contributed by atoms with Crippen LogP contribution in [0.25, 0.3) is 11.4 Å². The average molecular weight is 396 g/mol. The first-order valence-corrected chi connectivity index (χ1v) is 11.4. The zero-order valence-electron chi connectivity index (χ0n) is 15.1. The van der Waals surface area contributed by atoms with Crippen molar-refractivity contribution in [1.29, 1.82) is 5.41 Å². The maximum absolute atomic E-state index is 13.1. The molecular weight excluding hydrogens is 370 g/mol. The third kappa shape index (κ3) is 5.03. The van der Waals surface area contributed by atoms with Gasteiger partial charge < -0.3 is 16.2 Å². The fourth-order valence-corrected chi connectivity index (χ4v) is 3.54. The summed E-state index contributed by atoms with van der Waals surface area (Å²) in [5, 5.41) is 20.1. The predicted octanol–water partition coefficient (Wildman–Crippen LogP) is 1.96. The number of thiol groups is 1. The number of hydrogen-bond acceptors (Lipinski definition) is 7. The summed E-state index contributed by atoms with van der Waals surface area (Å²) in [7, 11) is -3.42. The van der Waals surface area contributed by atoms with Crippen LogP contribution >= 0.6 is 12.6 Å². The number of aromatic nitrogens is 2. The first-order valence-electron chi connectivity index (χ1n) is 7.98. The van der Waals surface area contributed by atoms with Crippen LogP contribution in [0.5, 0.6) is 0 Å². The summed E-state index contributed by atoms with van der Waals surface area (Å²) in [5.41, 5.74) is 7.65. The summed E-state index contributed by atoms with van der Waals surface area (Å²) in [5.74, 6) is 1.04. The van der Waals surface area contributed by atoms with Gasteiger partial charge in [-0.15, -0.1) is 12.6 Å². The highest BCUT2D eigenvalue weighted by molar-refractivity contribution is 8.43. The number of nitrogens with one attached hydrogen (secondary N) is 2. The molecule has 0 unspecified atom stereocenters. The van der Waals surface area contributed by atoms with E-state index < -0.39 is 9.07 Å². The van der Waals surface area contributed by atoms with Crippen LogP contribution in [-0.4, -0.2) is 48.8 Å². The van der Waals surface area contributed by atoms with Crippen molar-refractivity contribution in [3.8, 4) is 11.4 Å². The molecule has 1 atom stereocenters. The molecule has 0 saturated heterocycles. The molecule has 9 heteroatoms. The van der Waals surface area contributed by atoms with E-state index in [0.717, 1.165) is 5.56 Å². The molecule has 0 aliphatic carbocycles. The Morgan fingerprint density at radius 1 is 1.35 bits per heavy atom. The molecule has 142 valence electrons. The molecule has 0 spiro atoms. The number of benzene rings is 1. The van der Waals surface area contributed by atoms with E-state index in [4.69, 9.17) is 11.1 Å². The van der Waals surface area contributed by atoms with Gasteiger partial charge in [-0.3, -0.25) is 9.62 Å². The Morgan fingerprint density at radius 2 is 1.96 bits per heavy atom. The van der Waals surface area contributed by atoms with E-state index in [1.807, 2.05) is 6.92 Å². The van der Waals surface area contributed by atoms with Gasteiger partial charge in [-0.2, -0.15) is 0 Å². The van der Waals surface area contributed by atoms with Gasteiger partial charge in [0.25, 0.3) is 0 Å². The van der Waals surface area contributed by atoms with Gasteiger partial charge in [-0.25, -0.2) is 9.97 Å². The Hall–Kier alpha value is -1.97. The Labute approximate surface area is 158 Å². The standard InChI is InChI=1S/C17H25N5O2S2/c1-11(9-23)20-15-8-14(10-26(2,3,24)17(19)25)21-16(22-15)12-4-6-13(18)7-5-12/h4-8,11,23H,9-10,18H2,1-3H3,(H2,19,25)(H,20,21,22)/t11-/m0/s1. The van der Waals surface area contributed by atoms with Gasteiger partial charge >= 0.3 is 0 Å². The van der Waals surface area contributed by atoms with Crippen LogP contribution < -0.4 is 11.1 Å². The van der Waals surface area contributed by atoms with E-state index in [-0.39, 0.29) is 22.8 Å². The van der Waals surface area contributed by atoms with Crippen molar-refractivity contribution in [2.75, 3.05) is 30.2 Å². The van der Waals surface area contributed by atoms with Crippen LogP contribution in [-0.2, 0) is 14.8 Å². The zero-order valence-corrected chi connectivity index (χ0v) is 16.8. The van der Waals surface area contributed by atoms with Crippen molar-refractivity contribution in [2.24, 2.45) is 0 Å². The van der Waals surface area contributed by atoms with Gasteiger partial charge in [0.1, 0.15) is 10.2 Å². The Balaban J connectivity index is 2.52. The number of nitrogen functional groups attached to an aromatic ring is 1. The number of nitrogens with two attached hydrogens (primary N) is 1. The summed E-state index contributed by atoms with van der Waals surface area (Å²) in [6, 6.07) is 8.60. The quantitative estimate of drug-likeness (QED) is 0.220. The van der Waals surface area contributed by atoms with Gasteiger partial charge in [0.2, 0.25) is 0 Å². The summed E-state index contributed by atoms with van der Waals surface area (Å²) in [4.78, 5) is 9.00. The minimum atomic E-state index is -3.42. The third-order valence-electron chi connectivity index (χ3n) is 3.79. The predicted molar refractivity (Wildman–Crippen MR) is 112 cm³/mol. The summed E-state index contributed by atoms with van der Waals surface area (Å²) in [6.45, 7) is 1.76. The Kier molecular flexibility index (Phi) is 5.74. The molecule has 1 aromatic heterocycles. The fraction of sp³-hybridized carbons (Fsp3) is 0.353. The molecular formula is C17H25N5O2S2. The second kappa shape index (κ2) is 7.34. The van der Waals surface area contributed by atoms with Crippen LogP contribution in [0.3, 0.4) is 0 Å². The van der Waals surface area contributed by atoms with Gasteiger partial charge in [0.15, 0.2) is 5.82 Å². The van der Waals surface area contributed by atoms with Crippen molar-refractivity contribution >= 4 is 37.6 Å². The average Bonchev–Trinajstić information content (AvgIpc) is 2.53. The van der Waals surface area contributed by atoms with Gasteiger partial charge in [0, 0.05) is 23.4 Å². The smallest absolute Gasteiger partial charge is 0.161 e. The number of aliphatic hydroxyl groups excluding tert-OH is 1. The molecule has 2 aromatic rings. The number of rotatable bonds is 6. The lowest BCUT2D eigenvalue weighted by atomic mass is 10.2. The van der Waals surface area contributed by atoms with E-state index in [0.29, 0.717) is 23.0 Å². The third-order valence-corrected chi connectivity index (χ3v) is 7.83. The second-order valence-electron chi connectivity index (χ2n) is 6.94. The molecule has 1 aromatic carbocycles. The molecule has 0 aliphatic rings. The van der Waals surface area contributed by atoms with E-state index >= 15 is 0 Å². The summed E-state index contributed by atoms with van der Waals surface area (Å²) < 4.78 is 12.9. The molecule has 2 rings (SSSR count). The highest BCUT2D eigenvalue weighted by Crippen LogP contribution is 2.28. The lowest BCUT2D eigenvalue weighted by Gasteiger charge is -2.31. The molecule has 26 heavy (non-hydrogen) atoms. The van der Waals surface area contributed by atoms with E-state index in [1.54, 1.807) is 30.3 Å². The van der Waals surface area contributed by atoms with Crippen LogP contribution in [0.2, 0.25) is 0 Å². The van der Waals surface area contributed by atoms with Gasteiger partial charge in [0.05, 0.1) is 18.1 Å². The molecule has 0 aliphatic heterocycles. The maximum Gasteiger partial charge on any atom is 0.161 e. The van der Waals surface area contributed by atoms with Crippen LogP contribution in [0.4, 0.5) is 11.5 Å². The topological polar surface area (TPSA) is 125 Å². The lowest BCUT2D eigenvalue weighted by molar-refractivity contribution is 0.281. The molecule has 0 saturated carbocycles. The molecule has 0 amide bonds. The number of anilines is 2. The van der Waals surface area contributed by atoms with Gasteiger partial charge in [-0.05, 0) is 52.8 Å². The van der Waals surface area contributed by atoms with Crippen LogP contribution in [0, 0.1) is 5.41 Å².